The van der Waals surface area contributed by atoms with Crippen LogP contribution in [0, 0.1) is 24.6 Å². The number of pyridine rings is 2. The van der Waals surface area contributed by atoms with Gasteiger partial charge in [-0.1, -0.05) is 20.8 Å². The van der Waals surface area contributed by atoms with E-state index in [1.165, 1.54) is 6.92 Å². The summed E-state index contributed by atoms with van der Waals surface area (Å²) in [7, 11) is 0. The highest BCUT2D eigenvalue weighted by atomic mass is 19.4. The van der Waals surface area contributed by atoms with E-state index < -0.39 is 23.0 Å². The zero-order chi connectivity index (χ0) is 25.0. The molecule has 6 rings (SSSR count). The topological polar surface area (TPSA) is 81.7 Å². The first kappa shape index (κ1) is 22.7. The van der Waals surface area contributed by atoms with Crippen LogP contribution in [0.15, 0.2) is 6.07 Å². The minimum Gasteiger partial charge on any atom is -0.384 e. The van der Waals surface area contributed by atoms with Crippen molar-refractivity contribution in [1.82, 2.24) is 25.1 Å². The number of aryl methyl sites for hydroxylation is 1. The molecule has 0 amide bonds. The maximum Gasteiger partial charge on any atom is 0.418 e. The number of fused-ring (bicyclic) bond motifs is 2. The van der Waals surface area contributed by atoms with Gasteiger partial charge in [-0.2, -0.15) is 18.3 Å². The smallest absolute Gasteiger partial charge is 0.384 e. The third kappa shape index (κ3) is 3.43. The molecule has 2 aliphatic carbocycles. The Morgan fingerprint density at radius 3 is 2.31 bits per heavy atom. The van der Waals surface area contributed by atoms with Gasteiger partial charge in [0.05, 0.1) is 28.7 Å². The number of alkyl halides is 3. The zero-order valence-electron chi connectivity index (χ0n) is 20.1. The molecule has 1 saturated heterocycles. The molecule has 3 aromatic heterocycles. The average Bonchev–Trinajstić information content (AvgIpc) is 3.61. The highest BCUT2D eigenvalue weighted by Gasteiger charge is 2.56. The summed E-state index contributed by atoms with van der Waals surface area (Å²) in [5.74, 6) is 0.236. The van der Waals surface area contributed by atoms with E-state index in [-0.39, 0.29) is 40.2 Å². The number of aromatic nitrogens is 4. The van der Waals surface area contributed by atoms with Gasteiger partial charge in [-0.25, -0.2) is 14.4 Å². The monoisotopic (exact) mass is 488 g/mol. The highest BCUT2D eigenvalue weighted by Crippen LogP contribution is 2.58. The summed E-state index contributed by atoms with van der Waals surface area (Å²) in [4.78, 5) is 8.43. The maximum absolute atomic E-state index is 16.4. The second-order valence-corrected chi connectivity index (χ2v) is 11.2. The lowest BCUT2D eigenvalue weighted by molar-refractivity contribution is -0.137. The average molecular weight is 489 g/mol. The molecule has 1 unspecified atom stereocenters. The first-order chi connectivity index (χ1) is 16.4. The fourth-order valence-corrected chi connectivity index (χ4v) is 5.83. The van der Waals surface area contributed by atoms with Gasteiger partial charge in [0.2, 0.25) is 0 Å². The van der Waals surface area contributed by atoms with Crippen molar-refractivity contribution >= 4 is 16.7 Å². The normalized spacial score (nSPS) is 24.3. The Balaban J connectivity index is 1.69. The Labute approximate surface area is 200 Å². The summed E-state index contributed by atoms with van der Waals surface area (Å²) in [6.07, 6.45) is -3.01. The first-order valence-corrected chi connectivity index (χ1v) is 12.1. The standard InChI is InChI=1S/C25H28F4N6/c1-10-18(25(27,28)29)12(7-15(30)32-10)20-19(26)22-17(23(33-20)24(2,3)4)21(34-35(22)11-5-6-11)16-13-8-31-9-14(13)16/h7,11,13-14,16,31H,5-6,8-9H2,1-4H3,(H2,30,32)/t13-,14+,16?. The van der Waals surface area contributed by atoms with E-state index in [4.69, 9.17) is 10.8 Å². The van der Waals surface area contributed by atoms with Crippen molar-refractivity contribution in [2.45, 2.75) is 64.1 Å². The number of nitrogens with zero attached hydrogens (tertiary/aromatic N) is 4. The highest BCUT2D eigenvalue weighted by molar-refractivity contribution is 5.91. The van der Waals surface area contributed by atoms with Crippen LogP contribution in [0.1, 0.15) is 68.2 Å². The summed E-state index contributed by atoms with van der Waals surface area (Å²) >= 11 is 0. The lowest BCUT2D eigenvalue weighted by Crippen LogP contribution is -2.18. The molecule has 3 N–H and O–H groups in total. The van der Waals surface area contributed by atoms with Gasteiger partial charge >= 0.3 is 6.18 Å². The van der Waals surface area contributed by atoms with Gasteiger partial charge in [0.25, 0.3) is 0 Å². The third-order valence-corrected chi connectivity index (χ3v) is 7.58. The third-order valence-electron chi connectivity index (χ3n) is 7.58. The number of piperidine rings is 1. The van der Waals surface area contributed by atoms with Crippen molar-refractivity contribution in [1.29, 1.82) is 0 Å². The van der Waals surface area contributed by atoms with Gasteiger partial charge < -0.3 is 11.1 Å². The predicted octanol–water partition coefficient (Wildman–Crippen LogP) is 5.11. The van der Waals surface area contributed by atoms with Crippen LogP contribution in [-0.2, 0) is 11.6 Å². The van der Waals surface area contributed by atoms with Crippen molar-refractivity contribution in [3.05, 3.63) is 34.5 Å². The van der Waals surface area contributed by atoms with Crippen molar-refractivity contribution in [2.75, 3.05) is 18.8 Å². The number of nitrogen functional groups attached to an aromatic ring is 1. The number of rotatable bonds is 3. The van der Waals surface area contributed by atoms with Gasteiger partial charge in [0, 0.05) is 22.3 Å². The van der Waals surface area contributed by atoms with Crippen LogP contribution in [0.5, 0.6) is 0 Å². The molecule has 186 valence electrons. The van der Waals surface area contributed by atoms with Crippen molar-refractivity contribution in [3.63, 3.8) is 0 Å². The Morgan fingerprint density at radius 1 is 1.09 bits per heavy atom. The van der Waals surface area contributed by atoms with Gasteiger partial charge in [0.1, 0.15) is 17.0 Å². The quantitative estimate of drug-likeness (QED) is 0.501. The predicted molar refractivity (Wildman–Crippen MR) is 124 cm³/mol. The Hall–Kier alpha value is -2.75. The van der Waals surface area contributed by atoms with Gasteiger partial charge in [-0.3, -0.25) is 4.68 Å². The second kappa shape index (κ2) is 7.15. The molecule has 35 heavy (non-hydrogen) atoms. The summed E-state index contributed by atoms with van der Waals surface area (Å²) in [5.41, 5.74) is 4.89. The Kier molecular flexibility index (Phi) is 4.64. The molecule has 4 heterocycles. The molecule has 0 spiro atoms. The molecule has 0 bridgehead atoms. The van der Waals surface area contributed by atoms with Crippen LogP contribution in [0.3, 0.4) is 0 Å². The Morgan fingerprint density at radius 2 is 1.74 bits per heavy atom. The molecule has 3 aliphatic rings. The minimum atomic E-state index is -4.74. The lowest BCUT2D eigenvalue weighted by atomic mass is 9.87. The van der Waals surface area contributed by atoms with Crippen LogP contribution in [0.2, 0.25) is 0 Å². The molecule has 3 aromatic rings. The summed E-state index contributed by atoms with van der Waals surface area (Å²) in [6.45, 7) is 8.87. The van der Waals surface area contributed by atoms with Crippen LogP contribution in [-0.4, -0.2) is 32.8 Å². The lowest BCUT2D eigenvalue weighted by Gasteiger charge is -2.23. The number of anilines is 1. The number of halogens is 4. The van der Waals surface area contributed by atoms with Crippen LogP contribution in [0.25, 0.3) is 22.2 Å². The van der Waals surface area contributed by atoms with Gasteiger partial charge in [0.15, 0.2) is 5.82 Å². The van der Waals surface area contributed by atoms with Crippen LogP contribution >= 0.6 is 0 Å². The van der Waals surface area contributed by atoms with E-state index >= 15 is 4.39 Å². The van der Waals surface area contributed by atoms with Crippen LogP contribution < -0.4 is 11.1 Å². The molecule has 2 saturated carbocycles. The molecule has 3 fully saturated rings. The number of hydrogen-bond acceptors (Lipinski definition) is 5. The SMILES string of the molecule is Cc1nc(N)cc(-c2nc(C(C)(C)C)c3c(C4[C@H]5CNC[C@@H]45)nn(C4CC4)c3c2F)c1C(F)(F)F. The molecule has 1 aliphatic heterocycles. The van der Waals surface area contributed by atoms with Crippen LogP contribution in [0.4, 0.5) is 23.4 Å². The second-order valence-electron chi connectivity index (χ2n) is 11.2. The van der Waals surface area contributed by atoms with Gasteiger partial charge in [-0.05, 0) is 50.8 Å². The van der Waals surface area contributed by atoms with E-state index in [9.17, 15) is 13.2 Å². The fourth-order valence-electron chi connectivity index (χ4n) is 5.83. The minimum absolute atomic E-state index is 0.0480. The molecular weight excluding hydrogens is 460 g/mol. The Bertz CT molecular complexity index is 1360. The fraction of sp³-hybridized carbons (Fsp3) is 0.560. The van der Waals surface area contributed by atoms with E-state index in [0.29, 0.717) is 22.9 Å². The number of nitrogens with one attached hydrogen (secondary N) is 1. The summed E-state index contributed by atoms with van der Waals surface area (Å²) in [6, 6.07) is 1.13. The number of hydrogen-bond donors (Lipinski definition) is 2. The molecule has 3 atom stereocenters. The summed E-state index contributed by atoms with van der Waals surface area (Å²) < 4.78 is 60.5. The zero-order valence-corrected chi connectivity index (χ0v) is 20.1. The van der Waals surface area contributed by atoms with E-state index in [1.807, 2.05) is 20.8 Å². The largest absolute Gasteiger partial charge is 0.418 e. The van der Waals surface area contributed by atoms with E-state index in [1.54, 1.807) is 4.68 Å². The van der Waals surface area contributed by atoms with Gasteiger partial charge in [-0.15, -0.1) is 0 Å². The molecule has 0 radical (unpaired) electrons. The van der Waals surface area contributed by atoms with Crippen molar-refractivity contribution in [2.24, 2.45) is 11.8 Å². The van der Waals surface area contributed by atoms with E-state index in [2.05, 4.69) is 15.3 Å². The molecule has 10 heteroatoms. The molecule has 0 aromatic carbocycles. The van der Waals surface area contributed by atoms with Crippen molar-refractivity contribution in [3.8, 4) is 11.3 Å². The molecule has 6 nitrogen and oxygen atoms in total. The maximum atomic E-state index is 16.4. The molecular formula is C25H28F4N6. The van der Waals surface area contributed by atoms with E-state index in [0.717, 1.165) is 37.7 Å². The summed E-state index contributed by atoms with van der Waals surface area (Å²) in [5, 5.41) is 8.97. The van der Waals surface area contributed by atoms with Crippen molar-refractivity contribution < 1.29 is 17.6 Å². The number of nitrogens with two attached hydrogens (primary N) is 1. The first-order valence-electron chi connectivity index (χ1n) is 12.1.